The average molecular weight is 1330 g/mol. The molecule has 14 N–H and O–H groups in total. The lowest BCUT2D eigenvalue weighted by molar-refractivity contribution is -0.386. The van der Waals surface area contributed by atoms with Gasteiger partial charge in [-0.1, -0.05) is 224 Å². The molecular formula is C70H128N2O21. The van der Waals surface area contributed by atoms with Crippen LogP contribution in [0.5, 0.6) is 0 Å². The second kappa shape index (κ2) is 50.5. The highest BCUT2D eigenvalue weighted by atomic mass is 16.8. The summed E-state index contributed by atoms with van der Waals surface area (Å²) in [6, 6.07) is -2.53. The lowest BCUT2D eigenvalue weighted by atomic mass is 9.88. The van der Waals surface area contributed by atoms with Crippen LogP contribution >= 0.6 is 0 Å². The predicted octanol–water partition coefficient (Wildman–Crippen LogP) is 7.23. The molecule has 3 fully saturated rings. The number of amides is 2. The van der Waals surface area contributed by atoms with E-state index in [1.54, 1.807) is 0 Å². The number of nitrogens with one attached hydrogen (secondary N) is 2. The van der Waals surface area contributed by atoms with E-state index in [4.69, 9.17) is 28.4 Å². The van der Waals surface area contributed by atoms with Crippen LogP contribution in [0.3, 0.4) is 0 Å². The van der Waals surface area contributed by atoms with Crippen LogP contribution in [0.25, 0.3) is 0 Å². The molecular weight excluding hydrogens is 1200 g/mol. The van der Waals surface area contributed by atoms with E-state index in [9.17, 15) is 75.7 Å². The maximum Gasteiger partial charge on any atom is 0.364 e. The van der Waals surface area contributed by atoms with Gasteiger partial charge in [0.15, 0.2) is 12.6 Å². The molecule has 0 spiro atoms. The van der Waals surface area contributed by atoms with Crippen LogP contribution in [-0.2, 0) is 42.8 Å². The minimum absolute atomic E-state index is 0.223. The number of carboxylic acid groups (broad SMARTS) is 1. The molecule has 18 unspecified atom stereocenters. The number of allylic oxidation sites excluding steroid dienone is 4. The van der Waals surface area contributed by atoms with Crippen LogP contribution in [-0.4, -0.2) is 215 Å². The molecule has 93 heavy (non-hydrogen) atoms. The van der Waals surface area contributed by atoms with Crippen molar-refractivity contribution in [2.45, 2.75) is 375 Å². The smallest absolute Gasteiger partial charge is 0.364 e. The summed E-state index contributed by atoms with van der Waals surface area (Å²) in [7, 11) is 0. The molecule has 0 bridgehead atoms. The molecule has 3 aliphatic heterocycles. The quantitative estimate of drug-likeness (QED) is 0.0211. The molecule has 0 aromatic heterocycles. The van der Waals surface area contributed by atoms with E-state index in [-0.39, 0.29) is 18.9 Å². The maximum absolute atomic E-state index is 13.5. The predicted molar refractivity (Wildman–Crippen MR) is 352 cm³/mol. The van der Waals surface area contributed by atoms with Crippen LogP contribution in [0, 0.1) is 0 Å². The maximum atomic E-state index is 13.5. The summed E-state index contributed by atoms with van der Waals surface area (Å²) in [6.45, 7) is 2.18. The minimum atomic E-state index is -3.08. The molecule has 3 heterocycles. The number of carbonyl (C=O) groups excluding carboxylic acids is 2. The Labute approximate surface area is 555 Å². The zero-order valence-electron chi connectivity index (χ0n) is 56.9. The van der Waals surface area contributed by atoms with Crippen molar-refractivity contribution < 1.29 is 104 Å². The molecule has 0 aromatic carbocycles. The fourth-order valence-corrected chi connectivity index (χ4v) is 12.6. The number of rotatable bonds is 55. The third kappa shape index (κ3) is 32.6. The van der Waals surface area contributed by atoms with Gasteiger partial charge in [0.25, 0.3) is 5.79 Å². The summed E-state index contributed by atoms with van der Waals surface area (Å²) >= 11 is 0. The summed E-state index contributed by atoms with van der Waals surface area (Å²) in [6.07, 6.45) is 22.1. The summed E-state index contributed by atoms with van der Waals surface area (Å²) in [4.78, 5) is 38.5. The van der Waals surface area contributed by atoms with Crippen LogP contribution in [0.2, 0.25) is 0 Å². The number of carbonyl (C=O) groups is 3. The standard InChI is InChI=1S/C70H128N2O21/c1-4-6-8-10-12-14-16-17-18-19-20-21-22-23-24-25-26-27-28-29-30-31-32-33-34-36-38-40-42-44-57(80)72-51(52(77)43-41-39-37-35-15-13-11-9-7-5-2)49-88-67-62(84)61(83)64(56(48-75)90-67)91-68-63(85)66(60(82)55(47-74)89-68)93-70(69(86)87)45-53(78)58(71-50(3)76)65(92-70)59(81)54(79)46-73/h20-21,23-24,51-56,58-68,73-75,77-79,81-85H,4-19,22,25-49H2,1-3H3,(H,71,76)(H,72,80)(H,86,87)/b21-20-,24-23-. The molecule has 0 saturated carbocycles. The van der Waals surface area contributed by atoms with Gasteiger partial charge in [-0.15, -0.1) is 0 Å². The molecule has 3 saturated heterocycles. The number of unbranched alkanes of at least 4 members (excludes halogenated alkanes) is 31. The number of hydrogen-bond donors (Lipinski definition) is 14. The van der Waals surface area contributed by atoms with Crippen molar-refractivity contribution in [3.8, 4) is 0 Å². The number of aliphatic carboxylic acids is 1. The Kier molecular flexibility index (Phi) is 45.9. The van der Waals surface area contributed by atoms with E-state index < -0.39 is 148 Å². The highest BCUT2D eigenvalue weighted by Crippen LogP contribution is 2.39. The van der Waals surface area contributed by atoms with Crippen molar-refractivity contribution >= 4 is 17.8 Å². The first-order valence-corrected chi connectivity index (χ1v) is 36.2. The fraction of sp³-hybridized carbons (Fsp3) is 0.900. The second-order valence-corrected chi connectivity index (χ2v) is 26.5. The van der Waals surface area contributed by atoms with Crippen LogP contribution in [0.15, 0.2) is 24.3 Å². The fourth-order valence-electron chi connectivity index (χ4n) is 12.6. The van der Waals surface area contributed by atoms with Crippen molar-refractivity contribution in [3.63, 3.8) is 0 Å². The first-order chi connectivity index (χ1) is 44.9. The molecule has 23 heteroatoms. The molecule has 2 amide bonds. The zero-order valence-corrected chi connectivity index (χ0v) is 56.9. The number of aliphatic hydroxyl groups is 11. The molecule has 0 aliphatic carbocycles. The number of aliphatic hydroxyl groups excluding tert-OH is 11. The van der Waals surface area contributed by atoms with Crippen molar-refractivity contribution in [2.75, 3.05) is 26.4 Å². The first kappa shape index (κ1) is 84.4. The topological polar surface area (TPSA) is 373 Å². The number of ether oxygens (including phenoxy) is 6. The van der Waals surface area contributed by atoms with Gasteiger partial charge in [0.05, 0.1) is 50.7 Å². The van der Waals surface area contributed by atoms with E-state index in [1.165, 1.54) is 148 Å². The van der Waals surface area contributed by atoms with E-state index >= 15 is 0 Å². The Bertz CT molecular complexity index is 1970. The van der Waals surface area contributed by atoms with Crippen molar-refractivity contribution in [3.05, 3.63) is 24.3 Å². The normalized spacial score (nSPS) is 28.2. The summed E-state index contributed by atoms with van der Waals surface area (Å²) in [5, 5.41) is 136. The van der Waals surface area contributed by atoms with Gasteiger partial charge in [-0.05, 0) is 44.9 Å². The lowest BCUT2D eigenvalue weighted by Crippen LogP contribution is -2.70. The van der Waals surface area contributed by atoms with Gasteiger partial charge < -0.3 is 100 Å². The Balaban J connectivity index is 1.49. The van der Waals surface area contributed by atoms with Crippen LogP contribution < -0.4 is 10.6 Å². The van der Waals surface area contributed by atoms with Crippen molar-refractivity contribution in [1.82, 2.24) is 10.6 Å². The first-order valence-electron chi connectivity index (χ1n) is 36.2. The van der Waals surface area contributed by atoms with E-state index in [1.807, 2.05) is 0 Å². The monoisotopic (exact) mass is 1330 g/mol. The van der Waals surface area contributed by atoms with E-state index in [0.29, 0.717) is 19.3 Å². The Morgan fingerprint density at radius 2 is 1.03 bits per heavy atom. The third-order valence-electron chi connectivity index (χ3n) is 18.4. The van der Waals surface area contributed by atoms with Crippen LogP contribution in [0.1, 0.15) is 265 Å². The average Bonchev–Trinajstić information content (AvgIpc) is 0.778. The molecule has 544 valence electrons. The van der Waals surface area contributed by atoms with Gasteiger partial charge in [0.2, 0.25) is 11.8 Å². The molecule has 23 nitrogen and oxygen atoms in total. The summed E-state index contributed by atoms with van der Waals surface area (Å²) < 4.78 is 34.8. The van der Waals surface area contributed by atoms with Crippen molar-refractivity contribution in [1.29, 1.82) is 0 Å². The Hall–Kier alpha value is -2.79. The third-order valence-corrected chi connectivity index (χ3v) is 18.4. The Morgan fingerprint density at radius 3 is 1.51 bits per heavy atom. The summed E-state index contributed by atoms with van der Waals surface area (Å²) in [5.41, 5.74) is 0. The van der Waals surface area contributed by atoms with Gasteiger partial charge in [0, 0.05) is 19.8 Å². The van der Waals surface area contributed by atoms with Gasteiger partial charge >= 0.3 is 5.97 Å². The highest BCUT2D eigenvalue weighted by Gasteiger charge is 2.60. The largest absolute Gasteiger partial charge is 0.477 e. The minimum Gasteiger partial charge on any atom is -0.477 e. The lowest BCUT2D eigenvalue weighted by Gasteiger charge is -2.50. The van der Waals surface area contributed by atoms with Gasteiger partial charge in [-0.25, -0.2) is 4.79 Å². The van der Waals surface area contributed by atoms with Crippen LogP contribution in [0.4, 0.5) is 0 Å². The summed E-state index contributed by atoms with van der Waals surface area (Å²) in [5.74, 6) is -6.10. The van der Waals surface area contributed by atoms with Gasteiger partial charge in [-0.2, -0.15) is 0 Å². The number of hydrogen-bond acceptors (Lipinski definition) is 20. The van der Waals surface area contributed by atoms with E-state index in [2.05, 4.69) is 48.8 Å². The molecule has 0 radical (unpaired) electrons. The number of carboxylic acids is 1. The zero-order chi connectivity index (χ0) is 68.2. The van der Waals surface area contributed by atoms with E-state index in [0.717, 1.165) is 71.1 Å². The molecule has 0 aromatic rings. The van der Waals surface area contributed by atoms with Crippen molar-refractivity contribution in [2.24, 2.45) is 0 Å². The van der Waals surface area contributed by atoms with Gasteiger partial charge in [-0.3, -0.25) is 9.59 Å². The Morgan fingerprint density at radius 1 is 0.559 bits per heavy atom. The van der Waals surface area contributed by atoms with Gasteiger partial charge in [0.1, 0.15) is 67.1 Å². The molecule has 3 rings (SSSR count). The highest BCUT2D eigenvalue weighted by molar-refractivity contribution is 5.77. The second-order valence-electron chi connectivity index (χ2n) is 26.5. The SMILES string of the molecule is CCCCCCCCCCC/C=C\C/C=C\CCCCCCCCCCCCCCCC(=O)NC(COC1OC(CO)C(OC2OC(CO)C(O)C(OC3(C(=O)O)CC(O)C(NC(C)=O)C(C(O)C(O)CO)O3)C2O)C(O)C1O)C(O)CCCCCCCCCCCC. The molecule has 3 aliphatic rings. The molecule has 18 atom stereocenters.